The average molecular weight is 591 g/mol. The molecule has 3 aromatic carbocycles. The molecule has 3 rings (SSSR count). The standard InChI is InChI=1S/C29H33Cl2N3O4S/c1-4-21(2)32-29(36)22(3)33(18-17-23-11-7-5-8-12-23)28(35)20-34(27-16-15-24(30)19-26(27)31)39(37,38)25-13-9-6-10-14-25/h5-16,19,21-22H,4,17-18,20H2,1-3H3,(H,32,36). The number of halogens is 2. The summed E-state index contributed by atoms with van der Waals surface area (Å²) in [5.41, 5.74) is 1.09. The van der Waals surface area contributed by atoms with Gasteiger partial charge in [0.05, 0.1) is 15.6 Å². The number of carbonyl (C=O) groups excluding carboxylic acids is 2. The number of anilines is 1. The second-order valence-corrected chi connectivity index (χ2v) is 11.9. The Morgan fingerprint density at radius 1 is 0.923 bits per heavy atom. The predicted molar refractivity (Wildman–Crippen MR) is 157 cm³/mol. The Morgan fingerprint density at radius 2 is 1.54 bits per heavy atom. The van der Waals surface area contributed by atoms with Crippen molar-refractivity contribution in [2.45, 2.75) is 50.6 Å². The molecule has 2 atom stereocenters. The normalized spacial score (nSPS) is 12.8. The van der Waals surface area contributed by atoms with E-state index in [9.17, 15) is 18.0 Å². The van der Waals surface area contributed by atoms with Gasteiger partial charge in [-0.25, -0.2) is 8.42 Å². The maximum absolute atomic E-state index is 13.9. The molecule has 10 heteroatoms. The van der Waals surface area contributed by atoms with Crippen LogP contribution in [0.1, 0.15) is 32.8 Å². The molecule has 0 saturated carbocycles. The van der Waals surface area contributed by atoms with E-state index in [-0.39, 0.29) is 34.1 Å². The van der Waals surface area contributed by atoms with E-state index >= 15 is 0 Å². The molecule has 7 nitrogen and oxygen atoms in total. The van der Waals surface area contributed by atoms with Gasteiger partial charge in [-0.2, -0.15) is 0 Å². The van der Waals surface area contributed by atoms with Gasteiger partial charge in [0, 0.05) is 17.6 Å². The van der Waals surface area contributed by atoms with E-state index in [0.717, 1.165) is 16.3 Å². The van der Waals surface area contributed by atoms with Gasteiger partial charge in [0.1, 0.15) is 12.6 Å². The monoisotopic (exact) mass is 589 g/mol. The van der Waals surface area contributed by atoms with Crippen LogP contribution in [0.2, 0.25) is 10.0 Å². The van der Waals surface area contributed by atoms with Crippen molar-refractivity contribution in [1.29, 1.82) is 0 Å². The molecule has 0 fully saturated rings. The number of nitrogens with zero attached hydrogens (tertiary/aromatic N) is 2. The van der Waals surface area contributed by atoms with Crippen molar-refractivity contribution in [3.63, 3.8) is 0 Å². The molecular weight excluding hydrogens is 557 g/mol. The van der Waals surface area contributed by atoms with Gasteiger partial charge < -0.3 is 10.2 Å². The van der Waals surface area contributed by atoms with Crippen molar-refractivity contribution in [2.75, 3.05) is 17.4 Å². The van der Waals surface area contributed by atoms with Crippen LogP contribution >= 0.6 is 23.2 Å². The zero-order chi connectivity index (χ0) is 28.6. The predicted octanol–water partition coefficient (Wildman–Crippen LogP) is 5.56. The molecule has 1 N–H and O–H groups in total. The molecule has 0 aliphatic heterocycles. The number of amides is 2. The first-order valence-electron chi connectivity index (χ1n) is 12.7. The fraction of sp³-hybridized carbons (Fsp3) is 0.310. The molecule has 3 aromatic rings. The number of rotatable bonds is 12. The van der Waals surface area contributed by atoms with Crippen LogP contribution in [-0.2, 0) is 26.0 Å². The smallest absolute Gasteiger partial charge is 0.264 e. The Kier molecular flexibility index (Phi) is 10.8. The van der Waals surface area contributed by atoms with E-state index < -0.39 is 28.5 Å². The molecule has 0 saturated heterocycles. The minimum Gasteiger partial charge on any atom is -0.352 e. The fourth-order valence-corrected chi connectivity index (χ4v) is 5.97. The van der Waals surface area contributed by atoms with Crippen molar-refractivity contribution in [3.05, 3.63) is 94.5 Å². The minimum atomic E-state index is -4.20. The van der Waals surface area contributed by atoms with Gasteiger partial charge in [-0.05, 0) is 62.6 Å². The summed E-state index contributed by atoms with van der Waals surface area (Å²) >= 11 is 12.5. The second-order valence-electron chi connectivity index (χ2n) is 9.24. The van der Waals surface area contributed by atoms with Crippen LogP contribution in [0, 0.1) is 0 Å². The number of sulfonamides is 1. The molecule has 39 heavy (non-hydrogen) atoms. The fourth-order valence-electron chi connectivity index (χ4n) is 3.95. The lowest BCUT2D eigenvalue weighted by atomic mass is 10.1. The van der Waals surface area contributed by atoms with Crippen LogP contribution in [0.25, 0.3) is 0 Å². The summed E-state index contributed by atoms with van der Waals surface area (Å²) in [6.07, 6.45) is 1.22. The van der Waals surface area contributed by atoms with Crippen molar-refractivity contribution < 1.29 is 18.0 Å². The Bertz CT molecular complexity index is 1370. The summed E-state index contributed by atoms with van der Waals surface area (Å²) in [5, 5.41) is 3.32. The highest BCUT2D eigenvalue weighted by Crippen LogP contribution is 2.33. The zero-order valence-electron chi connectivity index (χ0n) is 22.2. The summed E-state index contributed by atoms with van der Waals surface area (Å²) in [6, 6.07) is 20.9. The summed E-state index contributed by atoms with van der Waals surface area (Å²) in [5.74, 6) is -0.851. The summed E-state index contributed by atoms with van der Waals surface area (Å²) in [7, 11) is -4.20. The molecule has 208 valence electrons. The van der Waals surface area contributed by atoms with Crippen molar-refractivity contribution in [1.82, 2.24) is 10.2 Å². The minimum absolute atomic E-state index is 0.00205. The Hall–Kier alpha value is -3.07. The first kappa shape index (κ1) is 30.5. The highest BCUT2D eigenvalue weighted by molar-refractivity contribution is 7.92. The highest BCUT2D eigenvalue weighted by Gasteiger charge is 2.33. The van der Waals surface area contributed by atoms with Crippen LogP contribution in [0.3, 0.4) is 0 Å². The van der Waals surface area contributed by atoms with Crippen LogP contribution in [0.4, 0.5) is 5.69 Å². The second kappa shape index (κ2) is 13.8. The van der Waals surface area contributed by atoms with Gasteiger partial charge in [-0.3, -0.25) is 13.9 Å². The van der Waals surface area contributed by atoms with Gasteiger partial charge in [-0.1, -0.05) is 78.7 Å². The SMILES string of the molecule is CCC(C)NC(=O)C(C)N(CCc1ccccc1)C(=O)CN(c1ccc(Cl)cc1Cl)S(=O)(=O)c1ccccc1. The third-order valence-corrected chi connectivity index (χ3v) is 8.75. The first-order valence-corrected chi connectivity index (χ1v) is 14.9. The summed E-state index contributed by atoms with van der Waals surface area (Å²) in [4.78, 5) is 28.4. The van der Waals surface area contributed by atoms with E-state index in [0.29, 0.717) is 11.4 Å². The number of nitrogens with one attached hydrogen (secondary N) is 1. The maximum atomic E-state index is 13.9. The van der Waals surface area contributed by atoms with Gasteiger partial charge in [0.2, 0.25) is 11.8 Å². The quantitative estimate of drug-likeness (QED) is 0.299. The van der Waals surface area contributed by atoms with E-state index in [1.165, 1.54) is 35.2 Å². The number of hydrogen-bond acceptors (Lipinski definition) is 4. The van der Waals surface area contributed by atoms with Crippen molar-refractivity contribution >= 4 is 50.7 Å². The maximum Gasteiger partial charge on any atom is 0.264 e. The van der Waals surface area contributed by atoms with Crippen LogP contribution in [0.15, 0.2) is 83.8 Å². The van der Waals surface area contributed by atoms with Crippen molar-refractivity contribution in [3.8, 4) is 0 Å². The molecule has 0 aromatic heterocycles. The molecule has 2 amide bonds. The van der Waals surface area contributed by atoms with Gasteiger partial charge in [0.15, 0.2) is 0 Å². The number of carbonyl (C=O) groups is 2. The highest BCUT2D eigenvalue weighted by atomic mass is 35.5. The molecular formula is C29H33Cl2N3O4S. The lowest BCUT2D eigenvalue weighted by Gasteiger charge is -2.32. The van der Waals surface area contributed by atoms with Gasteiger partial charge in [-0.15, -0.1) is 0 Å². The number of benzene rings is 3. The Balaban J connectivity index is 1.99. The van der Waals surface area contributed by atoms with E-state index in [1.807, 2.05) is 44.2 Å². The Labute approximate surface area is 240 Å². The van der Waals surface area contributed by atoms with Crippen molar-refractivity contribution in [2.24, 2.45) is 0 Å². The molecule has 0 aliphatic carbocycles. The van der Waals surface area contributed by atoms with Crippen LogP contribution in [-0.4, -0.2) is 50.3 Å². The summed E-state index contributed by atoms with van der Waals surface area (Å²) < 4.78 is 28.5. The van der Waals surface area contributed by atoms with E-state index in [1.54, 1.807) is 25.1 Å². The lowest BCUT2D eigenvalue weighted by molar-refractivity contribution is -0.139. The molecule has 0 bridgehead atoms. The van der Waals surface area contributed by atoms with Gasteiger partial charge in [0.25, 0.3) is 10.0 Å². The third-order valence-electron chi connectivity index (χ3n) is 6.44. The average Bonchev–Trinajstić information content (AvgIpc) is 2.93. The molecule has 0 aliphatic rings. The zero-order valence-corrected chi connectivity index (χ0v) is 24.5. The third kappa shape index (κ3) is 7.97. The first-order chi connectivity index (χ1) is 18.5. The Morgan fingerprint density at radius 3 is 2.13 bits per heavy atom. The van der Waals surface area contributed by atoms with E-state index in [4.69, 9.17) is 23.2 Å². The largest absolute Gasteiger partial charge is 0.352 e. The van der Waals surface area contributed by atoms with Crippen LogP contribution < -0.4 is 9.62 Å². The molecule has 2 unspecified atom stereocenters. The summed E-state index contributed by atoms with van der Waals surface area (Å²) in [6.45, 7) is 5.14. The van der Waals surface area contributed by atoms with E-state index in [2.05, 4.69) is 5.32 Å². The molecule has 0 spiro atoms. The number of hydrogen-bond donors (Lipinski definition) is 1. The van der Waals surface area contributed by atoms with Gasteiger partial charge >= 0.3 is 0 Å². The molecule has 0 heterocycles. The molecule has 0 radical (unpaired) electrons. The van der Waals surface area contributed by atoms with Crippen LogP contribution in [0.5, 0.6) is 0 Å². The topological polar surface area (TPSA) is 86.8 Å². The lowest BCUT2D eigenvalue weighted by Crippen LogP contribution is -2.53.